The predicted molar refractivity (Wildman–Crippen MR) is 183 cm³/mol. The molecule has 5 aromatic carbocycles. The number of hydrogen-bond acceptors (Lipinski definition) is 2. The van der Waals surface area contributed by atoms with E-state index in [-0.39, 0.29) is 4.90 Å². The summed E-state index contributed by atoms with van der Waals surface area (Å²) in [6, 6.07) is 42.2. The van der Waals surface area contributed by atoms with Crippen LogP contribution in [0.1, 0.15) is 50.7 Å². The Hall–Kier alpha value is -3.30. The van der Waals surface area contributed by atoms with E-state index in [1.807, 2.05) is 18.2 Å². The van der Waals surface area contributed by atoms with Gasteiger partial charge in [0.05, 0.1) is 0 Å². The van der Waals surface area contributed by atoms with Gasteiger partial charge in [-0.2, -0.15) is 8.42 Å². The molecular formula is C37H43O3PS. The molecular weight excluding hydrogens is 555 g/mol. The minimum atomic E-state index is -4.24. The standard InChI is InChI=1S/C19H19P.C18H24O3S/c1-20(17-11-5-2-6-12-17,18-13-7-3-8-14-18)19-15-9-4-10-16-19;1-3-5-9-14-13-15-10-7-8-12-17(15)18(22(19,20)21)16(14)11-6-4-2/h2-16,20H,1H3;7-8,10,12-13H,3-6,9,11H2,1-2H3,(H,19,20,21). The van der Waals surface area contributed by atoms with Crippen LogP contribution in [0.5, 0.6) is 0 Å². The molecule has 0 heterocycles. The molecule has 5 heteroatoms. The molecule has 0 saturated carbocycles. The zero-order valence-corrected chi connectivity index (χ0v) is 26.8. The summed E-state index contributed by atoms with van der Waals surface area (Å²) < 4.78 is 33.8. The quantitative estimate of drug-likeness (QED) is 0.131. The third-order valence-electron chi connectivity index (χ3n) is 8.09. The summed E-state index contributed by atoms with van der Waals surface area (Å²) in [5, 5.41) is 5.87. The molecule has 42 heavy (non-hydrogen) atoms. The number of unbranched alkanes of at least 4 members (excludes halogenated alkanes) is 2. The SMILES string of the molecule is CCCCc1cc2ccccc2c(S(=O)(=O)O)c1CCCC.C[PH](c1ccccc1)(c1ccccc1)c1ccccc1. The van der Waals surface area contributed by atoms with Gasteiger partial charge in [0.25, 0.3) is 10.1 Å². The number of fused-ring (bicyclic) bond motifs is 1. The molecule has 0 unspecified atom stereocenters. The van der Waals surface area contributed by atoms with Crippen LogP contribution in [-0.2, 0) is 23.0 Å². The van der Waals surface area contributed by atoms with Crippen LogP contribution in [0.15, 0.2) is 126 Å². The van der Waals surface area contributed by atoms with Crippen LogP contribution in [0.4, 0.5) is 0 Å². The zero-order valence-electron chi connectivity index (χ0n) is 25.0. The van der Waals surface area contributed by atoms with E-state index >= 15 is 0 Å². The molecule has 220 valence electrons. The van der Waals surface area contributed by atoms with E-state index in [2.05, 4.69) is 118 Å². The Labute approximate surface area is 252 Å². The summed E-state index contributed by atoms with van der Waals surface area (Å²) >= 11 is 0. The fourth-order valence-corrected chi connectivity index (χ4v) is 10.3. The number of rotatable bonds is 10. The average molecular weight is 599 g/mol. The van der Waals surface area contributed by atoms with E-state index < -0.39 is 17.4 Å². The molecule has 1 N–H and O–H groups in total. The topological polar surface area (TPSA) is 54.4 Å². The van der Waals surface area contributed by atoms with E-state index in [0.717, 1.165) is 48.6 Å². The van der Waals surface area contributed by atoms with Crippen molar-refractivity contribution < 1.29 is 13.0 Å². The summed E-state index contributed by atoms with van der Waals surface area (Å²) in [4.78, 5) is 0.116. The van der Waals surface area contributed by atoms with Crippen molar-refractivity contribution in [3.63, 3.8) is 0 Å². The van der Waals surface area contributed by atoms with Crippen LogP contribution in [0.2, 0.25) is 0 Å². The second-order valence-electron chi connectivity index (χ2n) is 11.0. The van der Waals surface area contributed by atoms with Gasteiger partial charge in [0.15, 0.2) is 0 Å². The Morgan fingerprint density at radius 2 is 1.05 bits per heavy atom. The Bertz CT molecular complexity index is 1570. The van der Waals surface area contributed by atoms with Crippen molar-refractivity contribution in [1.29, 1.82) is 0 Å². The van der Waals surface area contributed by atoms with Gasteiger partial charge in [-0.3, -0.25) is 4.55 Å². The van der Waals surface area contributed by atoms with E-state index in [4.69, 9.17) is 0 Å². The van der Waals surface area contributed by atoms with Crippen molar-refractivity contribution in [3.8, 4) is 0 Å². The molecule has 0 amide bonds. The molecule has 0 atom stereocenters. The van der Waals surface area contributed by atoms with E-state index in [9.17, 15) is 13.0 Å². The monoisotopic (exact) mass is 598 g/mol. The summed E-state index contributed by atoms with van der Waals surface area (Å²) in [7, 11) is -6.12. The molecule has 0 aliphatic carbocycles. The first kappa shape index (κ1) is 31.6. The number of hydrogen-bond donors (Lipinski definition) is 1. The third-order valence-corrected chi connectivity index (χ3v) is 13.5. The fourth-order valence-electron chi connectivity index (χ4n) is 5.74. The van der Waals surface area contributed by atoms with Crippen molar-refractivity contribution >= 4 is 44.1 Å². The molecule has 3 nitrogen and oxygen atoms in total. The van der Waals surface area contributed by atoms with Gasteiger partial charge in [-0.15, -0.1) is 0 Å². The number of benzene rings is 5. The zero-order chi connectivity index (χ0) is 30.0. The molecule has 0 radical (unpaired) electrons. The first-order chi connectivity index (χ1) is 20.3. The summed E-state index contributed by atoms with van der Waals surface area (Å²) in [6.45, 7) is 6.64. The second kappa shape index (κ2) is 14.7. The van der Waals surface area contributed by atoms with Crippen LogP contribution < -0.4 is 15.9 Å². The van der Waals surface area contributed by atoms with Crippen LogP contribution >= 0.6 is 7.26 Å². The average Bonchev–Trinajstić information content (AvgIpc) is 3.03. The number of aryl methyl sites for hydroxylation is 1. The molecule has 0 saturated heterocycles. The van der Waals surface area contributed by atoms with Gasteiger partial charge in [0.1, 0.15) is 4.90 Å². The molecule has 0 fully saturated rings. The molecule has 0 aliphatic rings. The second-order valence-corrected chi connectivity index (χ2v) is 16.3. The fraction of sp³-hybridized carbons (Fsp3) is 0.243. The summed E-state index contributed by atoms with van der Waals surface area (Å²) in [5.74, 6) is 0. The maximum atomic E-state index is 12.0. The van der Waals surface area contributed by atoms with Crippen molar-refractivity contribution in [2.24, 2.45) is 0 Å². The summed E-state index contributed by atoms with van der Waals surface area (Å²) in [5.41, 5.74) is 1.86. The van der Waals surface area contributed by atoms with Gasteiger partial charge < -0.3 is 0 Å². The van der Waals surface area contributed by atoms with Crippen molar-refractivity contribution in [2.45, 2.75) is 57.3 Å². The Balaban J connectivity index is 0.000000193. The van der Waals surface area contributed by atoms with Crippen LogP contribution in [0, 0.1) is 0 Å². The first-order valence-electron chi connectivity index (χ1n) is 15.0. The maximum absolute atomic E-state index is 12.0. The van der Waals surface area contributed by atoms with Gasteiger partial charge in [-0.25, -0.2) is 0 Å². The van der Waals surface area contributed by atoms with Gasteiger partial charge in [0, 0.05) is 5.39 Å². The van der Waals surface area contributed by atoms with E-state index in [1.165, 1.54) is 15.9 Å². The van der Waals surface area contributed by atoms with Crippen molar-refractivity contribution in [2.75, 3.05) is 6.66 Å². The minimum absolute atomic E-state index is 0.116. The summed E-state index contributed by atoms with van der Waals surface area (Å²) in [6.07, 6.45) is 5.52. The normalized spacial score (nSPS) is 12.0. The predicted octanol–water partition coefficient (Wildman–Crippen LogP) is 8.11. The molecule has 5 rings (SSSR count). The van der Waals surface area contributed by atoms with Crippen LogP contribution in [0.3, 0.4) is 0 Å². The van der Waals surface area contributed by atoms with Gasteiger partial charge in [0.2, 0.25) is 0 Å². The van der Waals surface area contributed by atoms with Crippen molar-refractivity contribution in [3.05, 3.63) is 132 Å². The Kier molecular flexibility index (Phi) is 11.1. The molecule has 0 spiro atoms. The molecule has 0 aromatic heterocycles. The third kappa shape index (κ3) is 7.36. The van der Waals surface area contributed by atoms with Gasteiger partial charge in [-0.1, -0.05) is 57.0 Å². The van der Waals surface area contributed by atoms with Gasteiger partial charge in [-0.05, 0) is 42.2 Å². The van der Waals surface area contributed by atoms with Crippen LogP contribution in [-0.4, -0.2) is 19.6 Å². The van der Waals surface area contributed by atoms with Crippen molar-refractivity contribution in [1.82, 2.24) is 0 Å². The molecule has 0 aliphatic heterocycles. The Morgan fingerprint density at radius 1 is 0.619 bits per heavy atom. The Morgan fingerprint density at radius 3 is 1.50 bits per heavy atom. The first-order valence-corrected chi connectivity index (χ1v) is 18.9. The molecule has 0 bridgehead atoms. The molecule has 5 aromatic rings. The van der Waals surface area contributed by atoms with Gasteiger partial charge >= 0.3 is 121 Å². The van der Waals surface area contributed by atoms with Crippen LogP contribution in [0.25, 0.3) is 10.8 Å². The van der Waals surface area contributed by atoms with E-state index in [1.54, 1.807) is 6.07 Å². The van der Waals surface area contributed by atoms with E-state index in [0.29, 0.717) is 11.8 Å².